The topological polar surface area (TPSA) is 80.7 Å². The second-order valence-electron chi connectivity index (χ2n) is 3.64. The molecular weight excluding hydrogens is 256 g/mol. The number of carbonyl (C=O) groups is 1. The summed E-state index contributed by atoms with van der Waals surface area (Å²) in [6.45, 7) is 0. The number of benzene rings is 1. The fraction of sp³-hybridized carbons (Fsp3) is 0.0833. The van der Waals surface area contributed by atoms with Crippen molar-refractivity contribution in [3.8, 4) is 5.75 Å². The Morgan fingerprint density at radius 3 is 2.56 bits per heavy atom. The molecule has 94 valence electrons. The molecule has 6 heteroatoms. The Morgan fingerprint density at radius 1 is 1.28 bits per heavy atom. The maximum absolute atomic E-state index is 11.7. The smallest absolute Gasteiger partial charge is 0.349 e. The fourth-order valence-corrected chi connectivity index (χ4v) is 2.89. The van der Waals surface area contributed by atoms with Crippen LogP contribution in [0.5, 0.6) is 5.75 Å². The van der Waals surface area contributed by atoms with Crippen molar-refractivity contribution >= 4 is 21.4 Å². The van der Waals surface area contributed by atoms with Crippen molar-refractivity contribution in [2.24, 2.45) is 0 Å². The van der Waals surface area contributed by atoms with Gasteiger partial charge in [0.1, 0.15) is 5.75 Å². The van der Waals surface area contributed by atoms with Crippen LogP contribution in [0.25, 0.3) is 5.57 Å². The van der Waals surface area contributed by atoms with Crippen LogP contribution in [-0.4, -0.2) is 26.6 Å². The Bertz CT molecular complexity index is 667. The minimum Gasteiger partial charge on any atom is -0.507 e. The third-order valence-corrected chi connectivity index (χ3v) is 3.94. The number of aromatic hydroxyl groups is 1. The van der Waals surface area contributed by atoms with Crippen LogP contribution in [0.2, 0.25) is 0 Å². The Balaban J connectivity index is 2.54. The summed E-state index contributed by atoms with van der Waals surface area (Å²) in [6, 6.07) is 6.28. The van der Waals surface area contributed by atoms with E-state index in [1.54, 1.807) is 18.2 Å². The van der Waals surface area contributed by atoms with Crippen molar-refractivity contribution in [2.75, 3.05) is 7.11 Å². The number of hydrogen-bond donors (Lipinski definition) is 1. The van der Waals surface area contributed by atoms with E-state index in [0.717, 1.165) is 12.5 Å². The molecule has 0 radical (unpaired) electrons. The monoisotopic (exact) mass is 266 g/mol. The van der Waals surface area contributed by atoms with Gasteiger partial charge in [-0.25, -0.2) is 13.2 Å². The van der Waals surface area contributed by atoms with E-state index in [2.05, 4.69) is 4.74 Å². The molecule has 2 rings (SSSR count). The van der Waals surface area contributed by atoms with Crippen molar-refractivity contribution in [2.45, 2.75) is 0 Å². The molecule has 0 fully saturated rings. The molecule has 1 aliphatic heterocycles. The average molecular weight is 266 g/mol. The van der Waals surface area contributed by atoms with E-state index in [1.807, 2.05) is 0 Å². The van der Waals surface area contributed by atoms with E-state index < -0.39 is 20.7 Å². The number of phenols is 1. The molecule has 0 aromatic heterocycles. The summed E-state index contributed by atoms with van der Waals surface area (Å²) in [5.74, 6) is -0.974. The van der Waals surface area contributed by atoms with Crippen molar-refractivity contribution in [1.82, 2.24) is 0 Å². The van der Waals surface area contributed by atoms with Gasteiger partial charge in [0.2, 0.25) is 9.84 Å². The summed E-state index contributed by atoms with van der Waals surface area (Å²) in [5, 5.41) is 10.6. The lowest BCUT2D eigenvalue weighted by Gasteiger charge is -2.01. The fourth-order valence-electron chi connectivity index (χ4n) is 1.62. The minimum absolute atomic E-state index is 0.0543. The number of methoxy groups -OCH3 is 1. The summed E-state index contributed by atoms with van der Waals surface area (Å²) in [5.41, 5.74) is 0.605. The molecule has 1 heterocycles. The molecule has 1 aromatic carbocycles. The number of allylic oxidation sites excluding steroid dienone is 2. The predicted molar refractivity (Wildman–Crippen MR) is 65.1 cm³/mol. The lowest BCUT2D eigenvalue weighted by atomic mass is 10.1. The summed E-state index contributed by atoms with van der Waals surface area (Å²) >= 11 is 0. The molecule has 0 aliphatic carbocycles. The van der Waals surface area contributed by atoms with Gasteiger partial charge < -0.3 is 9.84 Å². The van der Waals surface area contributed by atoms with Gasteiger partial charge in [-0.2, -0.15) is 0 Å². The molecule has 18 heavy (non-hydrogen) atoms. The standard InChI is InChI=1S/C12H10O5S/c1-17-12(14)11-6-8(7-18(11,15)16)9-4-2-3-5-10(9)13/h2-7,13H,1H3. The van der Waals surface area contributed by atoms with Gasteiger partial charge in [0, 0.05) is 11.0 Å². The van der Waals surface area contributed by atoms with Gasteiger partial charge in [0.25, 0.3) is 0 Å². The van der Waals surface area contributed by atoms with E-state index in [4.69, 9.17) is 0 Å². The molecule has 0 bridgehead atoms. The van der Waals surface area contributed by atoms with Crippen LogP contribution in [0.3, 0.4) is 0 Å². The number of ether oxygens (including phenoxy) is 1. The van der Waals surface area contributed by atoms with Gasteiger partial charge in [-0.3, -0.25) is 0 Å². The highest BCUT2D eigenvalue weighted by atomic mass is 32.2. The first-order chi connectivity index (χ1) is 8.45. The van der Waals surface area contributed by atoms with E-state index in [-0.39, 0.29) is 11.3 Å². The number of esters is 1. The van der Waals surface area contributed by atoms with Gasteiger partial charge in [0.05, 0.1) is 7.11 Å². The second-order valence-corrected chi connectivity index (χ2v) is 5.40. The molecule has 5 nitrogen and oxygen atoms in total. The molecule has 0 saturated carbocycles. The molecule has 0 saturated heterocycles. The minimum atomic E-state index is -3.80. The highest BCUT2D eigenvalue weighted by molar-refractivity contribution is 7.99. The van der Waals surface area contributed by atoms with Gasteiger partial charge in [0.15, 0.2) is 4.91 Å². The zero-order valence-corrected chi connectivity index (χ0v) is 10.3. The van der Waals surface area contributed by atoms with Crippen LogP contribution < -0.4 is 0 Å². The van der Waals surface area contributed by atoms with Gasteiger partial charge in [-0.05, 0) is 17.7 Å². The highest BCUT2D eigenvalue weighted by Crippen LogP contribution is 2.33. The molecular formula is C12H10O5S. The SMILES string of the molecule is COC(=O)C1=CC(c2ccccc2O)=CS1(=O)=O. The third kappa shape index (κ3) is 2.02. The van der Waals surface area contributed by atoms with Crippen molar-refractivity contribution in [3.63, 3.8) is 0 Å². The first-order valence-corrected chi connectivity index (χ1v) is 6.55. The third-order valence-electron chi connectivity index (χ3n) is 2.48. The number of para-hydroxylation sites is 1. The van der Waals surface area contributed by atoms with Gasteiger partial charge in [-0.1, -0.05) is 18.2 Å². The van der Waals surface area contributed by atoms with Crippen LogP contribution in [0.1, 0.15) is 5.56 Å². The predicted octanol–water partition coefficient (Wildman–Crippen LogP) is 1.22. The van der Waals surface area contributed by atoms with Crippen LogP contribution in [-0.2, 0) is 19.4 Å². The number of hydrogen-bond acceptors (Lipinski definition) is 5. The molecule has 0 unspecified atom stereocenters. The van der Waals surface area contributed by atoms with Crippen molar-refractivity contribution in [1.29, 1.82) is 0 Å². The molecule has 0 amide bonds. The van der Waals surface area contributed by atoms with Crippen LogP contribution in [0, 0.1) is 0 Å². The number of phenolic OH excluding ortho intramolecular Hbond substituents is 1. The first kappa shape index (κ1) is 12.4. The summed E-state index contributed by atoms with van der Waals surface area (Å²) < 4.78 is 27.9. The Morgan fingerprint density at radius 2 is 1.94 bits per heavy atom. The van der Waals surface area contributed by atoms with E-state index in [1.165, 1.54) is 12.1 Å². The average Bonchev–Trinajstić information content (AvgIpc) is 2.64. The van der Waals surface area contributed by atoms with Crippen molar-refractivity contribution in [3.05, 3.63) is 46.2 Å². The van der Waals surface area contributed by atoms with Gasteiger partial charge >= 0.3 is 5.97 Å². The lowest BCUT2D eigenvalue weighted by molar-refractivity contribution is -0.135. The lowest BCUT2D eigenvalue weighted by Crippen LogP contribution is -2.10. The molecule has 0 atom stereocenters. The summed E-state index contributed by atoms with van der Waals surface area (Å²) in [4.78, 5) is 10.9. The maximum atomic E-state index is 11.7. The van der Waals surface area contributed by atoms with E-state index in [0.29, 0.717) is 5.56 Å². The molecule has 1 aliphatic rings. The summed E-state index contributed by atoms with van der Waals surface area (Å²) in [7, 11) is -2.69. The normalized spacial score (nSPS) is 16.9. The van der Waals surface area contributed by atoms with Crippen molar-refractivity contribution < 1.29 is 23.1 Å². The van der Waals surface area contributed by atoms with E-state index >= 15 is 0 Å². The van der Waals surface area contributed by atoms with Gasteiger partial charge in [-0.15, -0.1) is 0 Å². The van der Waals surface area contributed by atoms with Crippen LogP contribution >= 0.6 is 0 Å². The molecule has 0 spiro atoms. The molecule has 1 aromatic rings. The quantitative estimate of drug-likeness (QED) is 0.814. The summed E-state index contributed by atoms with van der Waals surface area (Å²) in [6.07, 6.45) is 1.19. The van der Waals surface area contributed by atoms with Crippen LogP contribution in [0.4, 0.5) is 0 Å². The number of carbonyl (C=O) groups excluding carboxylic acids is 1. The number of sulfone groups is 1. The maximum Gasteiger partial charge on any atom is 0.349 e. The number of rotatable bonds is 2. The Kier molecular flexibility index (Phi) is 2.96. The zero-order chi connectivity index (χ0) is 13.3. The largest absolute Gasteiger partial charge is 0.507 e. The first-order valence-electron chi connectivity index (χ1n) is 5.01. The Hall–Kier alpha value is -2.08. The zero-order valence-electron chi connectivity index (χ0n) is 9.45. The second kappa shape index (κ2) is 4.30. The van der Waals surface area contributed by atoms with E-state index in [9.17, 15) is 18.3 Å². The van der Waals surface area contributed by atoms with Crippen LogP contribution in [0.15, 0.2) is 40.7 Å². The molecule has 1 N–H and O–H groups in total. The Labute approximate surface area is 104 Å². The highest BCUT2D eigenvalue weighted by Gasteiger charge is 2.30.